The zero-order chi connectivity index (χ0) is 21.2. The number of methoxy groups -OCH3 is 1. The molecular formula is C25H28N2O3. The van der Waals surface area contributed by atoms with E-state index in [1.165, 1.54) is 5.56 Å². The Morgan fingerprint density at radius 3 is 2.47 bits per heavy atom. The summed E-state index contributed by atoms with van der Waals surface area (Å²) in [5.41, 5.74) is 10.3. The Hall–Kier alpha value is -3.15. The van der Waals surface area contributed by atoms with Gasteiger partial charge in [-0.15, -0.1) is 0 Å². The van der Waals surface area contributed by atoms with E-state index in [1.807, 2.05) is 66.7 Å². The highest BCUT2D eigenvalue weighted by Gasteiger charge is 2.10. The molecule has 0 bridgehead atoms. The molecule has 0 aliphatic rings. The highest BCUT2D eigenvalue weighted by molar-refractivity contribution is 5.94. The van der Waals surface area contributed by atoms with Gasteiger partial charge in [0.25, 0.3) is 5.91 Å². The number of hydrogen-bond donors (Lipinski definition) is 2. The average Bonchev–Trinajstić information content (AvgIpc) is 2.79. The smallest absolute Gasteiger partial charge is 0.251 e. The highest BCUT2D eigenvalue weighted by atomic mass is 16.7. The van der Waals surface area contributed by atoms with Crippen LogP contribution in [0.5, 0.6) is 5.75 Å². The third-order valence-electron chi connectivity index (χ3n) is 4.84. The molecule has 3 aromatic carbocycles. The van der Waals surface area contributed by atoms with Crippen molar-refractivity contribution in [1.29, 1.82) is 0 Å². The summed E-state index contributed by atoms with van der Waals surface area (Å²) in [5.74, 6) is 0.664. The van der Waals surface area contributed by atoms with Crippen LogP contribution < -0.4 is 15.8 Å². The molecule has 1 amide bonds. The van der Waals surface area contributed by atoms with Crippen molar-refractivity contribution >= 4 is 5.91 Å². The summed E-state index contributed by atoms with van der Waals surface area (Å²) in [6.45, 7) is 0.810. The quantitative estimate of drug-likeness (QED) is 0.503. The number of nitrogens with one attached hydrogen (secondary N) is 1. The van der Waals surface area contributed by atoms with Crippen LogP contribution in [0.4, 0.5) is 0 Å². The number of hydrogen-bond acceptors (Lipinski definition) is 4. The summed E-state index contributed by atoms with van der Waals surface area (Å²) < 4.78 is 10.4. The van der Waals surface area contributed by atoms with Gasteiger partial charge >= 0.3 is 0 Å². The monoisotopic (exact) mass is 404 g/mol. The fourth-order valence-electron chi connectivity index (χ4n) is 3.19. The van der Waals surface area contributed by atoms with Crippen LogP contribution in [-0.2, 0) is 17.6 Å². The Bertz CT molecular complexity index is 927. The van der Waals surface area contributed by atoms with Crippen molar-refractivity contribution in [2.75, 3.05) is 20.4 Å². The third-order valence-corrected chi connectivity index (χ3v) is 4.84. The van der Waals surface area contributed by atoms with Gasteiger partial charge < -0.3 is 20.5 Å². The maximum absolute atomic E-state index is 12.4. The second-order valence-corrected chi connectivity index (χ2v) is 7.12. The van der Waals surface area contributed by atoms with Crippen LogP contribution in [0.1, 0.15) is 33.1 Å². The van der Waals surface area contributed by atoms with Crippen LogP contribution in [0.25, 0.3) is 0 Å². The van der Waals surface area contributed by atoms with Crippen molar-refractivity contribution in [3.8, 4) is 5.75 Å². The molecule has 0 radical (unpaired) electrons. The van der Waals surface area contributed by atoms with Gasteiger partial charge in [-0.2, -0.15) is 0 Å². The number of ether oxygens (including phenoxy) is 2. The third kappa shape index (κ3) is 6.44. The molecule has 1 atom stereocenters. The number of amides is 1. The molecule has 5 nitrogen and oxygen atoms in total. The molecule has 0 aliphatic carbocycles. The Morgan fingerprint density at radius 2 is 1.73 bits per heavy atom. The van der Waals surface area contributed by atoms with E-state index in [0.29, 0.717) is 18.5 Å². The molecule has 0 heterocycles. The zero-order valence-electron chi connectivity index (χ0n) is 17.2. The van der Waals surface area contributed by atoms with Crippen molar-refractivity contribution in [3.05, 3.63) is 101 Å². The van der Waals surface area contributed by atoms with E-state index < -0.39 is 0 Å². The van der Waals surface area contributed by atoms with Gasteiger partial charge in [0, 0.05) is 25.3 Å². The summed E-state index contributed by atoms with van der Waals surface area (Å²) in [6.07, 6.45) is 1.48. The molecule has 3 N–H and O–H groups in total. The first-order valence-electron chi connectivity index (χ1n) is 10.0. The molecule has 0 aromatic heterocycles. The number of carbonyl (C=O) groups excluding carboxylic acids is 1. The molecular weight excluding hydrogens is 376 g/mol. The highest BCUT2D eigenvalue weighted by Crippen LogP contribution is 2.21. The maximum atomic E-state index is 12.4. The van der Waals surface area contributed by atoms with Crippen molar-refractivity contribution in [2.45, 2.75) is 18.9 Å². The fraction of sp³-hybridized carbons (Fsp3) is 0.240. The number of carbonyl (C=O) groups is 1. The van der Waals surface area contributed by atoms with E-state index in [9.17, 15) is 4.79 Å². The predicted molar refractivity (Wildman–Crippen MR) is 118 cm³/mol. The first-order chi connectivity index (χ1) is 14.7. The van der Waals surface area contributed by atoms with Crippen molar-refractivity contribution < 1.29 is 14.3 Å². The second-order valence-electron chi connectivity index (χ2n) is 7.12. The number of benzene rings is 3. The van der Waals surface area contributed by atoms with Crippen LogP contribution in [0.15, 0.2) is 78.9 Å². The maximum Gasteiger partial charge on any atom is 0.251 e. The standard InChI is InChI=1S/C25H28N2O3/c1-29-18-30-23-9-5-8-22(17-23)24(26)16-20-10-12-21(13-11-20)25(28)27-15-14-19-6-3-2-4-7-19/h2-13,17,24H,14-16,18,26H2,1H3,(H,27,28). The van der Waals surface area contributed by atoms with Crippen LogP contribution in [-0.4, -0.2) is 26.4 Å². The number of rotatable bonds is 10. The lowest BCUT2D eigenvalue weighted by Gasteiger charge is -2.14. The Balaban J connectivity index is 1.51. The van der Waals surface area contributed by atoms with Gasteiger partial charge in [-0.25, -0.2) is 0 Å². The lowest BCUT2D eigenvalue weighted by Crippen LogP contribution is -2.25. The van der Waals surface area contributed by atoms with Gasteiger partial charge in [-0.1, -0.05) is 54.6 Å². The van der Waals surface area contributed by atoms with Crippen LogP contribution in [0.3, 0.4) is 0 Å². The van der Waals surface area contributed by atoms with E-state index in [4.69, 9.17) is 15.2 Å². The van der Waals surface area contributed by atoms with Gasteiger partial charge in [0.2, 0.25) is 0 Å². The Labute approximate surface area is 177 Å². The first kappa shape index (κ1) is 21.6. The summed E-state index contributed by atoms with van der Waals surface area (Å²) in [7, 11) is 1.59. The van der Waals surface area contributed by atoms with Crippen molar-refractivity contribution in [1.82, 2.24) is 5.32 Å². The van der Waals surface area contributed by atoms with Gasteiger partial charge in [-0.3, -0.25) is 4.79 Å². The van der Waals surface area contributed by atoms with Gasteiger partial charge in [0.05, 0.1) is 0 Å². The summed E-state index contributed by atoms with van der Waals surface area (Å²) >= 11 is 0. The Kier molecular flexibility index (Phi) is 8.01. The van der Waals surface area contributed by atoms with Gasteiger partial charge in [0.1, 0.15) is 5.75 Å². The largest absolute Gasteiger partial charge is 0.468 e. The summed E-state index contributed by atoms with van der Waals surface area (Å²) in [6, 6.07) is 25.3. The SMILES string of the molecule is COCOc1cccc(C(N)Cc2ccc(C(=O)NCCc3ccccc3)cc2)c1. The molecule has 1 unspecified atom stereocenters. The minimum Gasteiger partial charge on any atom is -0.468 e. The molecule has 0 fully saturated rings. The minimum atomic E-state index is -0.165. The predicted octanol–water partition coefficient (Wildman–Crippen LogP) is 3.88. The van der Waals surface area contributed by atoms with E-state index in [1.54, 1.807) is 7.11 Å². The lowest BCUT2D eigenvalue weighted by molar-refractivity contribution is 0.0510. The molecule has 0 aliphatic heterocycles. The summed E-state index contributed by atoms with van der Waals surface area (Å²) in [5, 5.41) is 2.97. The van der Waals surface area contributed by atoms with Crippen LogP contribution in [0.2, 0.25) is 0 Å². The molecule has 0 saturated carbocycles. The second kappa shape index (κ2) is 11.1. The molecule has 3 aromatic rings. The molecule has 30 heavy (non-hydrogen) atoms. The minimum absolute atomic E-state index is 0.0650. The van der Waals surface area contributed by atoms with E-state index in [2.05, 4.69) is 17.4 Å². The van der Waals surface area contributed by atoms with E-state index in [-0.39, 0.29) is 18.7 Å². The molecule has 5 heteroatoms. The summed E-state index contributed by atoms with van der Waals surface area (Å²) in [4.78, 5) is 12.4. The average molecular weight is 405 g/mol. The van der Waals surface area contributed by atoms with Crippen LogP contribution in [0, 0.1) is 0 Å². The molecule has 0 spiro atoms. The molecule has 3 rings (SSSR count). The zero-order valence-corrected chi connectivity index (χ0v) is 17.2. The van der Waals surface area contributed by atoms with E-state index >= 15 is 0 Å². The lowest BCUT2D eigenvalue weighted by atomic mass is 9.98. The van der Waals surface area contributed by atoms with Crippen molar-refractivity contribution in [2.24, 2.45) is 5.73 Å². The van der Waals surface area contributed by atoms with E-state index in [0.717, 1.165) is 23.3 Å². The normalized spacial score (nSPS) is 11.7. The van der Waals surface area contributed by atoms with Gasteiger partial charge in [0.15, 0.2) is 6.79 Å². The van der Waals surface area contributed by atoms with Gasteiger partial charge in [-0.05, 0) is 53.8 Å². The molecule has 156 valence electrons. The topological polar surface area (TPSA) is 73.6 Å². The van der Waals surface area contributed by atoms with Crippen LogP contribution >= 0.6 is 0 Å². The fourth-order valence-corrected chi connectivity index (χ4v) is 3.19. The Morgan fingerprint density at radius 1 is 0.967 bits per heavy atom. The first-order valence-corrected chi connectivity index (χ1v) is 10.0. The van der Waals surface area contributed by atoms with Crippen molar-refractivity contribution in [3.63, 3.8) is 0 Å². The molecule has 0 saturated heterocycles. The number of nitrogens with two attached hydrogens (primary N) is 1.